The summed E-state index contributed by atoms with van der Waals surface area (Å²) in [5.74, 6) is -0.898. The molecule has 19 heavy (non-hydrogen) atoms. The average Bonchev–Trinajstić information content (AvgIpc) is 2.39. The number of rotatable bonds is 3. The minimum Gasteiger partial charge on any atom is -0.380 e. The first-order chi connectivity index (χ1) is 9.08. The summed E-state index contributed by atoms with van der Waals surface area (Å²) in [6, 6.07) is 9.84. The van der Waals surface area contributed by atoms with Crippen LogP contribution in [0.1, 0.15) is 11.1 Å². The number of nitriles is 1. The summed E-state index contributed by atoms with van der Waals surface area (Å²) in [6.07, 6.45) is 0. The van der Waals surface area contributed by atoms with Gasteiger partial charge in [0.2, 0.25) is 0 Å². The molecular formula is C14H9ClF2N2. The van der Waals surface area contributed by atoms with E-state index >= 15 is 0 Å². The van der Waals surface area contributed by atoms with Crippen molar-refractivity contribution in [2.75, 3.05) is 5.32 Å². The summed E-state index contributed by atoms with van der Waals surface area (Å²) < 4.78 is 26.3. The summed E-state index contributed by atoms with van der Waals surface area (Å²) in [5.41, 5.74) is 1.24. The van der Waals surface area contributed by atoms with E-state index in [1.54, 1.807) is 6.07 Å². The highest BCUT2D eigenvalue weighted by molar-refractivity contribution is 6.33. The predicted molar refractivity (Wildman–Crippen MR) is 69.9 cm³/mol. The molecule has 0 amide bonds. The van der Waals surface area contributed by atoms with E-state index in [1.165, 1.54) is 24.3 Å². The van der Waals surface area contributed by atoms with E-state index in [2.05, 4.69) is 5.32 Å². The third-order valence-corrected chi connectivity index (χ3v) is 2.83. The third kappa shape index (κ3) is 3.43. The Kier molecular flexibility index (Phi) is 3.98. The number of benzene rings is 2. The molecule has 0 aliphatic rings. The molecule has 0 saturated heterocycles. The quantitative estimate of drug-likeness (QED) is 0.917. The Hall–Kier alpha value is -2.12. The first-order valence-corrected chi connectivity index (χ1v) is 5.85. The highest BCUT2D eigenvalue weighted by Gasteiger charge is 2.04. The molecule has 0 spiro atoms. The maximum absolute atomic E-state index is 13.2. The van der Waals surface area contributed by atoms with Gasteiger partial charge in [0.1, 0.15) is 11.6 Å². The van der Waals surface area contributed by atoms with Crippen molar-refractivity contribution < 1.29 is 8.78 Å². The van der Waals surface area contributed by atoms with Crippen molar-refractivity contribution in [3.8, 4) is 6.07 Å². The fraction of sp³-hybridized carbons (Fsp3) is 0.0714. The lowest BCUT2D eigenvalue weighted by Crippen LogP contribution is -2.01. The zero-order valence-electron chi connectivity index (χ0n) is 9.75. The summed E-state index contributed by atoms with van der Waals surface area (Å²) in [7, 11) is 0. The van der Waals surface area contributed by atoms with E-state index in [0.29, 0.717) is 16.3 Å². The van der Waals surface area contributed by atoms with Gasteiger partial charge in [0.05, 0.1) is 22.3 Å². The maximum atomic E-state index is 13.2. The topological polar surface area (TPSA) is 35.8 Å². The maximum Gasteiger partial charge on any atom is 0.125 e. The van der Waals surface area contributed by atoms with Gasteiger partial charge in [-0.05, 0) is 42.0 Å². The second-order valence-electron chi connectivity index (χ2n) is 3.94. The van der Waals surface area contributed by atoms with Crippen molar-refractivity contribution in [3.05, 3.63) is 64.2 Å². The Bertz CT molecular complexity index is 650. The van der Waals surface area contributed by atoms with Gasteiger partial charge in [-0.25, -0.2) is 8.78 Å². The molecule has 0 atom stereocenters. The van der Waals surface area contributed by atoms with Gasteiger partial charge in [-0.15, -0.1) is 0 Å². The van der Waals surface area contributed by atoms with Crippen LogP contribution in [0.15, 0.2) is 36.4 Å². The van der Waals surface area contributed by atoms with Crippen LogP contribution < -0.4 is 5.32 Å². The molecular weight excluding hydrogens is 270 g/mol. The van der Waals surface area contributed by atoms with Crippen LogP contribution in [0, 0.1) is 23.0 Å². The molecule has 0 fully saturated rings. The Morgan fingerprint density at radius 1 is 1.11 bits per heavy atom. The largest absolute Gasteiger partial charge is 0.380 e. The molecule has 0 radical (unpaired) electrons. The third-order valence-electron chi connectivity index (χ3n) is 2.50. The van der Waals surface area contributed by atoms with E-state index in [-0.39, 0.29) is 12.1 Å². The Balaban J connectivity index is 2.17. The van der Waals surface area contributed by atoms with Gasteiger partial charge >= 0.3 is 0 Å². The molecule has 96 valence electrons. The summed E-state index contributed by atoms with van der Waals surface area (Å²) in [4.78, 5) is 0. The van der Waals surface area contributed by atoms with Gasteiger partial charge in [0.15, 0.2) is 0 Å². The molecule has 0 aliphatic carbocycles. The zero-order valence-corrected chi connectivity index (χ0v) is 10.5. The lowest BCUT2D eigenvalue weighted by Gasteiger charge is -2.09. The molecule has 0 saturated carbocycles. The lowest BCUT2D eigenvalue weighted by molar-refractivity contribution is 0.624. The first-order valence-electron chi connectivity index (χ1n) is 5.47. The van der Waals surface area contributed by atoms with Crippen molar-refractivity contribution in [1.82, 2.24) is 0 Å². The molecule has 1 N–H and O–H groups in total. The summed E-state index contributed by atoms with van der Waals surface area (Å²) in [6.45, 7) is 0.246. The van der Waals surface area contributed by atoms with E-state index in [4.69, 9.17) is 16.9 Å². The monoisotopic (exact) mass is 278 g/mol. The molecule has 0 unspecified atom stereocenters. The second-order valence-corrected chi connectivity index (χ2v) is 4.34. The van der Waals surface area contributed by atoms with E-state index in [9.17, 15) is 8.78 Å². The van der Waals surface area contributed by atoms with Crippen LogP contribution in [0.2, 0.25) is 5.02 Å². The van der Waals surface area contributed by atoms with Crippen molar-refractivity contribution in [2.24, 2.45) is 0 Å². The molecule has 2 nitrogen and oxygen atoms in total. The highest BCUT2D eigenvalue weighted by Crippen LogP contribution is 2.23. The van der Waals surface area contributed by atoms with Gasteiger partial charge < -0.3 is 5.32 Å². The van der Waals surface area contributed by atoms with Gasteiger partial charge in [-0.3, -0.25) is 0 Å². The summed E-state index contributed by atoms with van der Waals surface area (Å²) >= 11 is 5.90. The van der Waals surface area contributed by atoms with Gasteiger partial charge in [-0.2, -0.15) is 5.26 Å². The second kappa shape index (κ2) is 5.68. The molecule has 0 aromatic heterocycles. The van der Waals surface area contributed by atoms with Gasteiger partial charge in [0.25, 0.3) is 0 Å². The van der Waals surface area contributed by atoms with Crippen molar-refractivity contribution >= 4 is 17.3 Å². The van der Waals surface area contributed by atoms with E-state index in [0.717, 1.165) is 6.07 Å². The Morgan fingerprint density at radius 2 is 1.89 bits per heavy atom. The number of hydrogen-bond donors (Lipinski definition) is 1. The Labute approximate surface area is 114 Å². The van der Waals surface area contributed by atoms with Gasteiger partial charge in [0, 0.05) is 6.54 Å². The molecule has 2 aromatic carbocycles. The molecule has 0 bridgehead atoms. The molecule has 2 rings (SSSR count). The van der Waals surface area contributed by atoms with Crippen LogP contribution in [0.4, 0.5) is 14.5 Å². The minimum absolute atomic E-state index is 0.238. The van der Waals surface area contributed by atoms with Crippen LogP contribution in [0.3, 0.4) is 0 Å². The number of nitrogens with one attached hydrogen (secondary N) is 1. The smallest absolute Gasteiger partial charge is 0.125 e. The van der Waals surface area contributed by atoms with Crippen molar-refractivity contribution in [1.29, 1.82) is 5.26 Å². The van der Waals surface area contributed by atoms with Crippen LogP contribution >= 0.6 is 11.6 Å². The summed E-state index contributed by atoms with van der Waals surface area (Å²) in [5, 5.41) is 12.0. The molecule has 0 aliphatic heterocycles. The number of nitrogens with zero attached hydrogens (tertiary/aromatic N) is 1. The van der Waals surface area contributed by atoms with Crippen LogP contribution in [0.5, 0.6) is 0 Å². The normalized spacial score (nSPS) is 10.0. The van der Waals surface area contributed by atoms with E-state index in [1.807, 2.05) is 6.07 Å². The highest BCUT2D eigenvalue weighted by atomic mass is 35.5. The van der Waals surface area contributed by atoms with E-state index < -0.39 is 11.6 Å². The first kappa shape index (κ1) is 13.3. The van der Waals surface area contributed by atoms with Gasteiger partial charge in [-0.1, -0.05) is 11.6 Å². The molecule has 0 heterocycles. The zero-order chi connectivity index (χ0) is 13.8. The standard InChI is InChI=1S/C14H9ClF2N2/c15-13-2-1-11(16)6-14(13)19-8-10-3-9(7-18)4-12(17)5-10/h1-6,19H,8H2. The number of hydrogen-bond acceptors (Lipinski definition) is 2. The Morgan fingerprint density at radius 3 is 2.63 bits per heavy atom. The predicted octanol–water partition coefficient (Wildman–Crippen LogP) is 4.10. The number of halogens is 3. The van der Waals surface area contributed by atoms with Crippen LogP contribution in [0.25, 0.3) is 0 Å². The molecule has 2 aromatic rings. The van der Waals surface area contributed by atoms with Crippen LogP contribution in [-0.4, -0.2) is 0 Å². The fourth-order valence-corrected chi connectivity index (χ4v) is 1.83. The van der Waals surface area contributed by atoms with Crippen LogP contribution in [-0.2, 0) is 6.54 Å². The molecule has 5 heteroatoms. The minimum atomic E-state index is -0.485. The average molecular weight is 279 g/mol. The number of anilines is 1. The SMILES string of the molecule is N#Cc1cc(F)cc(CNc2cc(F)ccc2Cl)c1. The lowest BCUT2D eigenvalue weighted by atomic mass is 10.1. The van der Waals surface area contributed by atoms with Crippen molar-refractivity contribution in [2.45, 2.75) is 6.54 Å². The fourth-order valence-electron chi connectivity index (χ4n) is 1.65. The van der Waals surface area contributed by atoms with Crippen molar-refractivity contribution in [3.63, 3.8) is 0 Å².